The first-order chi connectivity index (χ1) is 14.1. The van der Waals surface area contributed by atoms with Gasteiger partial charge < -0.3 is 19.5 Å². The molecule has 156 valence electrons. The number of aryl methyl sites for hydroxylation is 1. The van der Waals surface area contributed by atoms with Crippen LogP contribution in [0.5, 0.6) is 11.5 Å². The van der Waals surface area contributed by atoms with Crippen molar-refractivity contribution in [3.63, 3.8) is 0 Å². The van der Waals surface area contributed by atoms with Crippen LogP contribution in [-0.4, -0.2) is 49.2 Å². The molecule has 1 fully saturated rings. The molecular weight excluding hydrogens is 374 g/mol. The van der Waals surface area contributed by atoms with Crippen LogP contribution in [0, 0.1) is 0 Å². The van der Waals surface area contributed by atoms with Crippen LogP contribution >= 0.6 is 0 Å². The number of nitrogens with zero attached hydrogens (tertiary/aromatic N) is 2. The maximum Gasteiger partial charge on any atom is 0.270 e. The zero-order valence-corrected chi connectivity index (χ0v) is 16.8. The molecule has 0 aliphatic carbocycles. The summed E-state index contributed by atoms with van der Waals surface area (Å²) < 4.78 is 17.4. The fourth-order valence-electron chi connectivity index (χ4n) is 3.25. The van der Waals surface area contributed by atoms with E-state index in [9.17, 15) is 9.59 Å². The molecule has 3 rings (SSSR count). The van der Waals surface area contributed by atoms with Crippen LogP contribution in [-0.2, 0) is 16.1 Å². The van der Waals surface area contributed by atoms with Gasteiger partial charge in [0.1, 0.15) is 11.4 Å². The van der Waals surface area contributed by atoms with Gasteiger partial charge in [0.25, 0.3) is 5.56 Å². The van der Waals surface area contributed by atoms with Crippen LogP contribution in [0.2, 0.25) is 0 Å². The number of benzene rings is 1. The summed E-state index contributed by atoms with van der Waals surface area (Å²) >= 11 is 0. The molecule has 1 aliphatic rings. The van der Waals surface area contributed by atoms with Crippen LogP contribution in [0.4, 0.5) is 0 Å². The lowest BCUT2D eigenvalue weighted by Gasteiger charge is -2.12. The lowest BCUT2D eigenvalue weighted by atomic mass is 10.1. The minimum atomic E-state index is -0.265. The van der Waals surface area contributed by atoms with E-state index in [2.05, 4.69) is 10.4 Å². The SMILES string of the molecule is COc1ccc(-c2nn(CCCC(=O)NCC3CCCO3)c(=O)cc2OC)cc1. The van der Waals surface area contributed by atoms with Crippen molar-refractivity contribution in [2.24, 2.45) is 0 Å². The fraction of sp³-hybridized carbons (Fsp3) is 0.476. The van der Waals surface area contributed by atoms with Gasteiger partial charge in [0.15, 0.2) is 5.75 Å². The van der Waals surface area contributed by atoms with Crippen molar-refractivity contribution in [3.05, 3.63) is 40.7 Å². The zero-order chi connectivity index (χ0) is 20.6. The highest BCUT2D eigenvalue weighted by molar-refractivity contribution is 5.75. The molecule has 0 spiro atoms. The van der Waals surface area contributed by atoms with E-state index in [1.54, 1.807) is 7.11 Å². The molecular formula is C21H27N3O5. The average molecular weight is 401 g/mol. The topological polar surface area (TPSA) is 91.7 Å². The van der Waals surface area contributed by atoms with E-state index < -0.39 is 0 Å². The van der Waals surface area contributed by atoms with Gasteiger partial charge in [-0.05, 0) is 43.5 Å². The second-order valence-corrected chi connectivity index (χ2v) is 6.89. The molecule has 0 radical (unpaired) electrons. The largest absolute Gasteiger partial charge is 0.497 e. The summed E-state index contributed by atoms with van der Waals surface area (Å²) in [6.45, 7) is 1.66. The maximum atomic E-state index is 12.3. The van der Waals surface area contributed by atoms with Gasteiger partial charge in [-0.25, -0.2) is 4.68 Å². The van der Waals surface area contributed by atoms with Gasteiger partial charge in [0, 0.05) is 37.7 Å². The first kappa shape index (κ1) is 20.9. The van der Waals surface area contributed by atoms with Crippen molar-refractivity contribution in [1.82, 2.24) is 15.1 Å². The van der Waals surface area contributed by atoms with Gasteiger partial charge in [-0.15, -0.1) is 0 Å². The van der Waals surface area contributed by atoms with Crippen molar-refractivity contribution in [2.75, 3.05) is 27.4 Å². The van der Waals surface area contributed by atoms with Gasteiger partial charge in [0.05, 0.1) is 20.3 Å². The zero-order valence-electron chi connectivity index (χ0n) is 16.8. The van der Waals surface area contributed by atoms with Gasteiger partial charge in [-0.3, -0.25) is 9.59 Å². The number of carbonyl (C=O) groups excluding carboxylic acids is 1. The summed E-state index contributed by atoms with van der Waals surface area (Å²) in [5.41, 5.74) is 1.11. The van der Waals surface area contributed by atoms with Crippen molar-refractivity contribution in [1.29, 1.82) is 0 Å². The average Bonchev–Trinajstić information content (AvgIpc) is 3.27. The molecule has 0 saturated carbocycles. The van der Waals surface area contributed by atoms with E-state index in [4.69, 9.17) is 14.2 Å². The number of carbonyl (C=O) groups is 1. The fourth-order valence-corrected chi connectivity index (χ4v) is 3.25. The third-order valence-electron chi connectivity index (χ3n) is 4.87. The van der Waals surface area contributed by atoms with Gasteiger partial charge in [-0.2, -0.15) is 5.10 Å². The van der Waals surface area contributed by atoms with Crippen molar-refractivity contribution >= 4 is 5.91 Å². The summed E-state index contributed by atoms with van der Waals surface area (Å²) in [6, 6.07) is 8.78. The Balaban J connectivity index is 1.62. The molecule has 1 amide bonds. The molecule has 1 atom stereocenters. The molecule has 2 heterocycles. The minimum Gasteiger partial charge on any atom is -0.497 e. The van der Waals surface area contributed by atoms with Crippen molar-refractivity contribution < 1.29 is 19.0 Å². The van der Waals surface area contributed by atoms with Crippen LogP contribution in [0.25, 0.3) is 11.3 Å². The molecule has 8 nitrogen and oxygen atoms in total. The molecule has 1 aliphatic heterocycles. The highest BCUT2D eigenvalue weighted by Gasteiger charge is 2.16. The normalized spacial score (nSPS) is 15.9. The summed E-state index contributed by atoms with van der Waals surface area (Å²) in [4.78, 5) is 24.4. The van der Waals surface area contributed by atoms with Gasteiger partial charge in [0.2, 0.25) is 5.91 Å². The van der Waals surface area contributed by atoms with E-state index in [1.807, 2.05) is 24.3 Å². The molecule has 1 unspecified atom stereocenters. The van der Waals surface area contributed by atoms with E-state index in [0.717, 1.165) is 30.8 Å². The molecule has 0 bridgehead atoms. The Kier molecular flexibility index (Phi) is 7.24. The second-order valence-electron chi connectivity index (χ2n) is 6.89. The van der Waals surface area contributed by atoms with Crippen LogP contribution < -0.4 is 20.3 Å². The Morgan fingerprint density at radius 2 is 2.07 bits per heavy atom. The van der Waals surface area contributed by atoms with Crippen LogP contribution in [0.3, 0.4) is 0 Å². The predicted octanol–water partition coefficient (Wildman–Crippen LogP) is 2.00. The van der Waals surface area contributed by atoms with E-state index in [-0.39, 0.29) is 17.6 Å². The van der Waals surface area contributed by atoms with Gasteiger partial charge in [-0.1, -0.05) is 0 Å². The Morgan fingerprint density at radius 3 is 2.72 bits per heavy atom. The van der Waals surface area contributed by atoms with Crippen LogP contribution in [0.15, 0.2) is 35.1 Å². The number of aromatic nitrogens is 2. The van der Waals surface area contributed by atoms with Crippen molar-refractivity contribution in [2.45, 2.75) is 38.3 Å². The highest BCUT2D eigenvalue weighted by Crippen LogP contribution is 2.27. The minimum absolute atomic E-state index is 0.0440. The molecule has 1 aromatic heterocycles. The quantitative estimate of drug-likeness (QED) is 0.691. The third kappa shape index (κ3) is 5.57. The first-order valence-electron chi connectivity index (χ1n) is 9.79. The number of rotatable bonds is 9. The maximum absolute atomic E-state index is 12.3. The number of ether oxygens (including phenoxy) is 3. The number of nitrogens with one attached hydrogen (secondary N) is 1. The molecule has 2 aromatic rings. The third-order valence-corrected chi connectivity index (χ3v) is 4.87. The predicted molar refractivity (Wildman–Crippen MR) is 108 cm³/mol. The Labute approximate surface area is 169 Å². The molecule has 1 aromatic carbocycles. The number of hydrogen-bond acceptors (Lipinski definition) is 6. The summed E-state index contributed by atoms with van der Waals surface area (Å²) in [5.74, 6) is 1.10. The van der Waals surface area contributed by atoms with E-state index in [0.29, 0.717) is 37.4 Å². The van der Waals surface area contributed by atoms with E-state index >= 15 is 0 Å². The molecule has 1 N–H and O–H groups in total. The second kappa shape index (κ2) is 10.1. The Hall–Kier alpha value is -2.87. The lowest BCUT2D eigenvalue weighted by molar-refractivity contribution is -0.121. The number of methoxy groups -OCH3 is 2. The number of amides is 1. The van der Waals surface area contributed by atoms with Crippen molar-refractivity contribution in [3.8, 4) is 22.8 Å². The van der Waals surface area contributed by atoms with Crippen LogP contribution in [0.1, 0.15) is 25.7 Å². The summed E-state index contributed by atoms with van der Waals surface area (Å²) in [5, 5.41) is 7.35. The Morgan fingerprint density at radius 1 is 1.28 bits per heavy atom. The molecule has 29 heavy (non-hydrogen) atoms. The highest BCUT2D eigenvalue weighted by atomic mass is 16.5. The standard InChI is InChI=1S/C21H27N3O5/c1-27-16-9-7-15(8-10-16)21-18(28-2)13-20(26)24(23-21)11-3-6-19(25)22-14-17-5-4-12-29-17/h7-10,13,17H,3-6,11-12,14H2,1-2H3,(H,22,25). The smallest absolute Gasteiger partial charge is 0.270 e. The Bertz CT molecular complexity index is 873. The van der Waals surface area contributed by atoms with Gasteiger partial charge >= 0.3 is 0 Å². The monoisotopic (exact) mass is 401 g/mol. The first-order valence-corrected chi connectivity index (χ1v) is 9.79. The molecule has 1 saturated heterocycles. The molecule has 8 heteroatoms. The number of hydrogen-bond donors (Lipinski definition) is 1. The van der Waals surface area contributed by atoms with E-state index in [1.165, 1.54) is 17.9 Å². The lowest BCUT2D eigenvalue weighted by Crippen LogP contribution is -2.32. The summed E-state index contributed by atoms with van der Waals surface area (Å²) in [7, 11) is 3.11. The summed E-state index contributed by atoms with van der Waals surface area (Å²) in [6.07, 6.45) is 2.99.